The first-order valence-corrected chi connectivity index (χ1v) is 13.6. The molecule has 1 saturated heterocycles. The zero-order valence-corrected chi connectivity index (χ0v) is 23.7. The molecule has 0 aromatic heterocycles. The summed E-state index contributed by atoms with van der Waals surface area (Å²) in [6.07, 6.45) is 8.78. The molecular formula is C29H46N4O4. The number of carbonyl (C=O) groups is 4. The van der Waals surface area contributed by atoms with Crippen LogP contribution in [0.5, 0.6) is 0 Å². The third-order valence-corrected chi connectivity index (χ3v) is 6.50. The summed E-state index contributed by atoms with van der Waals surface area (Å²) < 4.78 is 0. The molecule has 2 atom stereocenters. The van der Waals surface area contributed by atoms with Crippen LogP contribution in [0.4, 0.5) is 0 Å². The van der Waals surface area contributed by atoms with Gasteiger partial charge in [0.25, 0.3) is 5.91 Å². The number of nitrogens with zero attached hydrogens (tertiary/aromatic N) is 2. The van der Waals surface area contributed by atoms with Crippen molar-refractivity contribution in [1.82, 2.24) is 20.4 Å². The molecule has 2 unspecified atom stereocenters. The Labute approximate surface area is 222 Å². The number of carbonyl (C=O) groups excluding carboxylic acids is 4. The molecule has 0 saturated carbocycles. The van der Waals surface area contributed by atoms with E-state index in [1.807, 2.05) is 42.7 Å². The monoisotopic (exact) mass is 514 g/mol. The highest BCUT2D eigenvalue weighted by Crippen LogP contribution is 2.21. The Morgan fingerprint density at radius 1 is 1.11 bits per heavy atom. The second-order valence-corrected chi connectivity index (χ2v) is 11.3. The van der Waals surface area contributed by atoms with Crippen molar-refractivity contribution >= 4 is 23.6 Å². The van der Waals surface area contributed by atoms with E-state index in [2.05, 4.69) is 38.3 Å². The molecular weight excluding hydrogens is 468 g/mol. The maximum atomic E-state index is 12.8. The lowest BCUT2D eigenvalue weighted by atomic mass is 10.1. The lowest BCUT2D eigenvalue weighted by Crippen LogP contribution is -2.42. The Bertz CT molecular complexity index is 932. The van der Waals surface area contributed by atoms with Gasteiger partial charge >= 0.3 is 0 Å². The van der Waals surface area contributed by atoms with Gasteiger partial charge in [0.1, 0.15) is 6.04 Å². The summed E-state index contributed by atoms with van der Waals surface area (Å²) in [5.74, 6) is 0.229. The molecule has 1 fully saturated rings. The summed E-state index contributed by atoms with van der Waals surface area (Å²) in [5, 5.41) is 5.73. The van der Waals surface area contributed by atoms with Crippen LogP contribution in [-0.4, -0.2) is 71.2 Å². The van der Waals surface area contributed by atoms with Gasteiger partial charge in [-0.3, -0.25) is 19.2 Å². The van der Waals surface area contributed by atoms with Crippen molar-refractivity contribution in [3.8, 4) is 0 Å². The number of allylic oxidation sites excluding steroid dienone is 3. The number of likely N-dealkylation sites (tertiary alicyclic amines) is 1. The number of hydrogen-bond acceptors (Lipinski definition) is 4. The second kappa shape index (κ2) is 14.1. The molecule has 0 radical (unpaired) electrons. The van der Waals surface area contributed by atoms with Crippen LogP contribution in [0.25, 0.3) is 0 Å². The first-order valence-electron chi connectivity index (χ1n) is 13.6. The molecule has 37 heavy (non-hydrogen) atoms. The third-order valence-electron chi connectivity index (χ3n) is 6.50. The molecule has 8 heteroatoms. The topological polar surface area (TPSA) is 98.8 Å². The van der Waals surface area contributed by atoms with E-state index in [1.165, 1.54) is 0 Å². The number of amides is 4. The van der Waals surface area contributed by atoms with Crippen LogP contribution >= 0.6 is 0 Å². The molecule has 206 valence electrons. The number of rotatable bonds is 12. The Kier molecular flexibility index (Phi) is 11.6. The summed E-state index contributed by atoms with van der Waals surface area (Å²) in [6, 6.07) is -0.296. The van der Waals surface area contributed by atoms with Gasteiger partial charge in [-0.15, -0.1) is 0 Å². The van der Waals surface area contributed by atoms with E-state index in [4.69, 9.17) is 0 Å². The fourth-order valence-corrected chi connectivity index (χ4v) is 4.71. The second-order valence-electron chi connectivity index (χ2n) is 11.3. The van der Waals surface area contributed by atoms with E-state index in [-0.39, 0.29) is 55.1 Å². The molecule has 0 bridgehead atoms. The summed E-state index contributed by atoms with van der Waals surface area (Å²) in [5.41, 5.74) is 1.17. The van der Waals surface area contributed by atoms with E-state index in [0.29, 0.717) is 43.3 Å². The maximum absolute atomic E-state index is 12.8. The average molecular weight is 515 g/mol. The molecule has 1 heterocycles. The van der Waals surface area contributed by atoms with Crippen molar-refractivity contribution in [1.29, 1.82) is 0 Å². The third kappa shape index (κ3) is 9.48. The molecule has 1 aliphatic heterocycles. The highest BCUT2D eigenvalue weighted by Gasteiger charge is 2.37. The zero-order chi connectivity index (χ0) is 27.7. The largest absolute Gasteiger partial charge is 0.352 e. The first kappa shape index (κ1) is 30.3. The highest BCUT2D eigenvalue weighted by atomic mass is 16.2. The van der Waals surface area contributed by atoms with Crippen LogP contribution in [0.15, 0.2) is 35.5 Å². The molecule has 4 amide bonds. The Morgan fingerprint density at radius 2 is 1.81 bits per heavy atom. The van der Waals surface area contributed by atoms with Crippen molar-refractivity contribution in [2.75, 3.05) is 19.6 Å². The molecule has 1 aliphatic carbocycles. The van der Waals surface area contributed by atoms with Crippen molar-refractivity contribution < 1.29 is 19.2 Å². The molecule has 8 nitrogen and oxygen atoms in total. The molecule has 0 spiro atoms. The Balaban J connectivity index is 1.91. The van der Waals surface area contributed by atoms with Gasteiger partial charge in [0.2, 0.25) is 17.7 Å². The molecule has 2 rings (SSSR count). The Morgan fingerprint density at radius 3 is 2.43 bits per heavy atom. The molecule has 0 aromatic carbocycles. The van der Waals surface area contributed by atoms with E-state index >= 15 is 0 Å². The van der Waals surface area contributed by atoms with Crippen LogP contribution in [0, 0.1) is 11.8 Å². The molecule has 2 N–H and O–H groups in total. The van der Waals surface area contributed by atoms with E-state index in [0.717, 1.165) is 5.57 Å². The van der Waals surface area contributed by atoms with Crippen LogP contribution in [0.3, 0.4) is 0 Å². The predicted octanol–water partition coefficient (Wildman–Crippen LogP) is 3.35. The van der Waals surface area contributed by atoms with Crippen LogP contribution in [-0.2, 0) is 19.2 Å². The number of nitrogens with one attached hydrogen (secondary N) is 2. The minimum Gasteiger partial charge on any atom is -0.352 e. The standard InChI is InChI=1S/C29H46N4O4/c1-19(2)17-32(21(5)6)27(35)12-13-30-28(36)24-11-9-8-10-23(15-24)16-26(34)31-25-14-22(7)33(29(25)37)18-20(3)4/h9-11,15,19-22,25H,8,12-14,16-18H2,1-7H3,(H,30,36)(H,31,34). The summed E-state index contributed by atoms with van der Waals surface area (Å²) in [7, 11) is 0. The van der Waals surface area contributed by atoms with E-state index in [1.54, 1.807) is 12.2 Å². The van der Waals surface area contributed by atoms with Gasteiger partial charge < -0.3 is 20.4 Å². The minimum atomic E-state index is -0.504. The average Bonchev–Trinajstić information content (AvgIpc) is 2.96. The van der Waals surface area contributed by atoms with Crippen molar-refractivity contribution in [2.45, 2.75) is 92.3 Å². The normalized spacial score (nSPS) is 19.7. The van der Waals surface area contributed by atoms with Crippen molar-refractivity contribution in [2.24, 2.45) is 11.8 Å². The molecule has 2 aliphatic rings. The predicted molar refractivity (Wildman–Crippen MR) is 146 cm³/mol. The fourth-order valence-electron chi connectivity index (χ4n) is 4.71. The van der Waals surface area contributed by atoms with Gasteiger partial charge in [-0.1, -0.05) is 45.9 Å². The first-order chi connectivity index (χ1) is 17.4. The van der Waals surface area contributed by atoms with Crippen molar-refractivity contribution in [3.63, 3.8) is 0 Å². The minimum absolute atomic E-state index is 0.0226. The van der Waals surface area contributed by atoms with E-state index in [9.17, 15) is 19.2 Å². The van der Waals surface area contributed by atoms with Gasteiger partial charge in [0.15, 0.2) is 0 Å². The van der Waals surface area contributed by atoms with Crippen molar-refractivity contribution in [3.05, 3.63) is 35.5 Å². The zero-order valence-electron chi connectivity index (χ0n) is 23.7. The summed E-state index contributed by atoms with van der Waals surface area (Å²) >= 11 is 0. The highest BCUT2D eigenvalue weighted by molar-refractivity contribution is 5.97. The molecule has 0 aromatic rings. The fraction of sp³-hybridized carbons (Fsp3) is 0.655. The quantitative estimate of drug-likeness (QED) is 0.417. The number of hydrogen-bond donors (Lipinski definition) is 2. The van der Waals surface area contributed by atoms with Gasteiger partial charge in [-0.05, 0) is 57.1 Å². The van der Waals surface area contributed by atoms with E-state index < -0.39 is 6.04 Å². The lowest BCUT2D eigenvalue weighted by molar-refractivity contribution is -0.133. The SMILES string of the molecule is CC(C)CN(C(=O)CCNC(=O)C1=CC(CC(=O)NC2CC(C)N(CC(C)C)C2=O)=CCC=C1)C(C)C. The Hall–Kier alpha value is -2.90. The van der Waals surface area contributed by atoms with Gasteiger partial charge in [-0.25, -0.2) is 0 Å². The van der Waals surface area contributed by atoms with Gasteiger partial charge in [0.05, 0.1) is 6.42 Å². The smallest absolute Gasteiger partial charge is 0.251 e. The van der Waals surface area contributed by atoms with Crippen LogP contribution < -0.4 is 10.6 Å². The van der Waals surface area contributed by atoms with Crippen LogP contribution in [0.2, 0.25) is 0 Å². The van der Waals surface area contributed by atoms with Crippen LogP contribution in [0.1, 0.15) is 74.1 Å². The maximum Gasteiger partial charge on any atom is 0.251 e. The lowest BCUT2D eigenvalue weighted by Gasteiger charge is -2.28. The summed E-state index contributed by atoms with van der Waals surface area (Å²) in [6.45, 7) is 15.9. The summed E-state index contributed by atoms with van der Waals surface area (Å²) in [4.78, 5) is 54.6. The van der Waals surface area contributed by atoms with Gasteiger partial charge in [-0.2, -0.15) is 0 Å². The van der Waals surface area contributed by atoms with Gasteiger partial charge in [0, 0.05) is 43.7 Å².